The van der Waals surface area contributed by atoms with Crippen molar-refractivity contribution in [2.45, 2.75) is 31.7 Å². The van der Waals surface area contributed by atoms with Crippen molar-refractivity contribution in [2.24, 2.45) is 0 Å². The molecule has 0 bridgehead atoms. The van der Waals surface area contributed by atoms with Crippen LogP contribution in [0.5, 0.6) is 0 Å². The van der Waals surface area contributed by atoms with Crippen LogP contribution in [0.4, 0.5) is 4.39 Å². The van der Waals surface area contributed by atoms with Crippen molar-refractivity contribution in [3.8, 4) is 0 Å². The number of ether oxygens (including phenoxy) is 1. The first-order valence-corrected chi connectivity index (χ1v) is 11.3. The highest BCUT2D eigenvalue weighted by atomic mass is 32.2. The van der Waals surface area contributed by atoms with Gasteiger partial charge in [-0.25, -0.2) is 17.6 Å². The third-order valence-corrected chi connectivity index (χ3v) is 7.29. The molecule has 29 heavy (non-hydrogen) atoms. The maximum atomic E-state index is 14.1. The van der Waals surface area contributed by atoms with E-state index in [0.717, 1.165) is 27.4 Å². The van der Waals surface area contributed by atoms with Crippen molar-refractivity contribution in [3.05, 3.63) is 52.0 Å². The van der Waals surface area contributed by atoms with Crippen LogP contribution in [0, 0.1) is 5.82 Å². The van der Waals surface area contributed by atoms with Gasteiger partial charge in [0.1, 0.15) is 10.7 Å². The van der Waals surface area contributed by atoms with Gasteiger partial charge < -0.3 is 10.1 Å². The number of thiophene rings is 1. The number of halogens is 1. The molecule has 0 aliphatic heterocycles. The highest BCUT2D eigenvalue weighted by Gasteiger charge is 2.27. The smallest absolute Gasteiger partial charge is 0.338 e. The van der Waals surface area contributed by atoms with Crippen LogP contribution in [-0.4, -0.2) is 44.3 Å². The van der Waals surface area contributed by atoms with E-state index in [4.69, 9.17) is 4.74 Å². The molecule has 1 heterocycles. The predicted molar refractivity (Wildman–Crippen MR) is 108 cm³/mol. The second kappa shape index (κ2) is 9.95. The van der Waals surface area contributed by atoms with Gasteiger partial charge in [0.15, 0.2) is 6.61 Å². The van der Waals surface area contributed by atoms with Gasteiger partial charge in [-0.15, -0.1) is 11.3 Å². The predicted octanol–water partition coefficient (Wildman–Crippen LogP) is 2.95. The Morgan fingerprint density at radius 2 is 1.93 bits per heavy atom. The van der Waals surface area contributed by atoms with Crippen LogP contribution in [0.2, 0.25) is 0 Å². The number of amides is 1. The highest BCUT2D eigenvalue weighted by molar-refractivity contribution is 7.89. The quantitative estimate of drug-likeness (QED) is 0.603. The lowest BCUT2D eigenvalue weighted by atomic mass is 10.2. The molecule has 0 fully saturated rings. The Hall–Kier alpha value is -2.30. The number of rotatable bonds is 9. The van der Waals surface area contributed by atoms with Gasteiger partial charge in [0.05, 0.1) is 11.6 Å². The molecule has 2 aromatic rings. The zero-order chi connectivity index (χ0) is 21.6. The molecule has 0 saturated heterocycles. The lowest BCUT2D eigenvalue weighted by molar-refractivity contribution is -0.124. The maximum absolute atomic E-state index is 14.1. The summed E-state index contributed by atoms with van der Waals surface area (Å²) in [5.41, 5.74) is -0.156. The van der Waals surface area contributed by atoms with Crippen molar-refractivity contribution in [3.63, 3.8) is 0 Å². The molecule has 0 spiro atoms. The maximum Gasteiger partial charge on any atom is 0.338 e. The number of benzene rings is 1. The zero-order valence-corrected chi connectivity index (χ0v) is 18.0. The first-order chi connectivity index (χ1) is 13.7. The Kier molecular flexibility index (Phi) is 7.88. The van der Waals surface area contributed by atoms with Gasteiger partial charge >= 0.3 is 5.97 Å². The average Bonchev–Trinajstić information content (AvgIpc) is 3.22. The van der Waals surface area contributed by atoms with E-state index >= 15 is 0 Å². The van der Waals surface area contributed by atoms with E-state index < -0.39 is 39.2 Å². The van der Waals surface area contributed by atoms with Crippen molar-refractivity contribution in [2.75, 3.05) is 19.7 Å². The molecular formula is C19H23FN2O5S2. The number of hydrogen-bond acceptors (Lipinski definition) is 6. The van der Waals surface area contributed by atoms with Crippen molar-refractivity contribution in [1.29, 1.82) is 0 Å². The van der Waals surface area contributed by atoms with E-state index in [1.165, 1.54) is 11.3 Å². The van der Waals surface area contributed by atoms with Gasteiger partial charge in [0.2, 0.25) is 10.0 Å². The molecule has 7 nitrogen and oxygen atoms in total. The minimum Gasteiger partial charge on any atom is -0.452 e. The highest BCUT2D eigenvalue weighted by Crippen LogP contribution is 2.21. The number of esters is 1. The first-order valence-electron chi connectivity index (χ1n) is 9.00. The van der Waals surface area contributed by atoms with E-state index in [9.17, 15) is 22.4 Å². The molecule has 2 rings (SSSR count). The standard InChI is InChI=1S/C19H23FN2O5S2/c1-4-22(5-2)29(25,26)17-11-14(8-9-15(17)20)19(24)27-12-18(23)21-13(3)16-7-6-10-28-16/h6-11,13H,4-5,12H2,1-3H3,(H,21,23). The summed E-state index contributed by atoms with van der Waals surface area (Å²) < 4.78 is 45.3. The van der Waals surface area contributed by atoms with Crippen molar-refractivity contribution >= 4 is 33.2 Å². The summed E-state index contributed by atoms with van der Waals surface area (Å²) >= 11 is 1.49. The molecular weight excluding hydrogens is 419 g/mol. The summed E-state index contributed by atoms with van der Waals surface area (Å²) in [6.07, 6.45) is 0. The molecule has 0 radical (unpaired) electrons. The Morgan fingerprint density at radius 3 is 2.52 bits per heavy atom. The molecule has 0 aliphatic carbocycles. The Balaban J connectivity index is 2.07. The summed E-state index contributed by atoms with van der Waals surface area (Å²) in [7, 11) is -4.09. The van der Waals surface area contributed by atoms with Crippen LogP contribution in [-0.2, 0) is 19.6 Å². The summed E-state index contributed by atoms with van der Waals surface area (Å²) in [5.74, 6) is -2.38. The number of hydrogen-bond donors (Lipinski definition) is 1. The van der Waals surface area contributed by atoms with Crippen molar-refractivity contribution < 1.29 is 27.1 Å². The van der Waals surface area contributed by atoms with E-state index in [1.54, 1.807) is 20.8 Å². The SMILES string of the molecule is CCN(CC)S(=O)(=O)c1cc(C(=O)OCC(=O)NC(C)c2cccs2)ccc1F. The Morgan fingerprint density at radius 1 is 1.24 bits per heavy atom. The fourth-order valence-electron chi connectivity index (χ4n) is 2.64. The summed E-state index contributed by atoms with van der Waals surface area (Å²) in [4.78, 5) is 24.6. The third kappa shape index (κ3) is 5.62. The molecule has 1 aromatic carbocycles. The summed E-state index contributed by atoms with van der Waals surface area (Å²) in [6.45, 7) is 4.85. The third-order valence-electron chi connectivity index (χ3n) is 4.17. The number of nitrogens with one attached hydrogen (secondary N) is 1. The number of sulfonamides is 1. The molecule has 1 unspecified atom stereocenters. The molecule has 0 saturated carbocycles. The van der Waals surface area contributed by atoms with Crippen LogP contribution in [0.15, 0.2) is 40.6 Å². The molecule has 1 atom stereocenters. The second-order valence-electron chi connectivity index (χ2n) is 6.12. The van der Waals surface area contributed by atoms with Gasteiger partial charge in [-0.3, -0.25) is 4.79 Å². The monoisotopic (exact) mass is 442 g/mol. The number of nitrogens with zero attached hydrogens (tertiary/aromatic N) is 1. The minimum atomic E-state index is -4.09. The van der Waals surface area contributed by atoms with Crippen LogP contribution in [0.1, 0.15) is 42.0 Å². The molecule has 10 heteroatoms. The normalized spacial score (nSPS) is 12.6. The van der Waals surface area contributed by atoms with Gasteiger partial charge in [0, 0.05) is 18.0 Å². The molecule has 0 aliphatic rings. The van der Waals surface area contributed by atoms with E-state index in [2.05, 4.69) is 5.32 Å². The minimum absolute atomic E-state index is 0.156. The number of carbonyl (C=O) groups is 2. The van der Waals surface area contributed by atoms with Gasteiger partial charge in [0.25, 0.3) is 5.91 Å². The van der Waals surface area contributed by atoms with E-state index in [1.807, 2.05) is 17.5 Å². The van der Waals surface area contributed by atoms with E-state index in [0.29, 0.717) is 0 Å². The first kappa shape index (κ1) is 23.0. The zero-order valence-electron chi connectivity index (χ0n) is 16.3. The largest absolute Gasteiger partial charge is 0.452 e. The summed E-state index contributed by atoms with van der Waals surface area (Å²) in [6, 6.07) is 6.44. The fourth-order valence-corrected chi connectivity index (χ4v) is 4.92. The van der Waals surface area contributed by atoms with Gasteiger partial charge in [-0.05, 0) is 36.6 Å². The molecule has 158 valence electrons. The fraction of sp³-hybridized carbons (Fsp3) is 0.368. The lowest BCUT2D eigenvalue weighted by Gasteiger charge is -2.19. The van der Waals surface area contributed by atoms with Crippen LogP contribution in [0.25, 0.3) is 0 Å². The van der Waals surface area contributed by atoms with Gasteiger partial charge in [-0.2, -0.15) is 4.31 Å². The molecule has 1 amide bonds. The Bertz CT molecular complexity index is 957. The van der Waals surface area contributed by atoms with Crippen LogP contribution in [0.3, 0.4) is 0 Å². The molecule has 1 N–H and O–H groups in total. The second-order valence-corrected chi connectivity index (χ2v) is 9.00. The number of carbonyl (C=O) groups excluding carboxylic acids is 2. The van der Waals surface area contributed by atoms with E-state index in [-0.39, 0.29) is 24.7 Å². The van der Waals surface area contributed by atoms with Crippen molar-refractivity contribution in [1.82, 2.24) is 9.62 Å². The molecule has 1 aromatic heterocycles. The average molecular weight is 443 g/mol. The van der Waals surface area contributed by atoms with Gasteiger partial charge in [-0.1, -0.05) is 19.9 Å². The van der Waals surface area contributed by atoms with Crippen LogP contribution < -0.4 is 5.32 Å². The van der Waals surface area contributed by atoms with Crippen LogP contribution >= 0.6 is 11.3 Å². The Labute approximate surface area is 173 Å². The summed E-state index contributed by atoms with van der Waals surface area (Å²) in [5, 5.41) is 4.58. The topological polar surface area (TPSA) is 92.8 Å². The lowest BCUT2D eigenvalue weighted by Crippen LogP contribution is -2.32.